The number of carbonyl (C=O) groups excluding carboxylic acids is 1. The highest BCUT2D eigenvalue weighted by atomic mass is 19.3. The maximum absolute atomic E-state index is 13.1. The maximum Gasteiger partial charge on any atom is 0.319 e. The Morgan fingerprint density at radius 2 is 2.12 bits per heavy atom. The number of aryl methyl sites for hydroxylation is 1. The van der Waals surface area contributed by atoms with E-state index < -0.39 is 6.55 Å². The summed E-state index contributed by atoms with van der Waals surface area (Å²) in [6.07, 6.45) is 6.18. The molecule has 2 aromatic heterocycles. The van der Waals surface area contributed by atoms with E-state index in [0.29, 0.717) is 5.56 Å². The van der Waals surface area contributed by atoms with Crippen LogP contribution in [0.4, 0.5) is 8.78 Å². The molecule has 0 unspecified atom stereocenters. The lowest BCUT2D eigenvalue weighted by Gasteiger charge is -2.22. The quantitative estimate of drug-likeness (QED) is 0.710. The van der Waals surface area contributed by atoms with Crippen LogP contribution in [-0.2, 0) is 13.6 Å². The second-order valence-corrected chi connectivity index (χ2v) is 6.36. The number of nitrogens with zero attached hydrogens (tertiary/aromatic N) is 4. The van der Waals surface area contributed by atoms with E-state index in [2.05, 4.69) is 4.98 Å². The summed E-state index contributed by atoms with van der Waals surface area (Å²) in [6.45, 7) is -2.57. The van der Waals surface area contributed by atoms with Crippen molar-refractivity contribution in [2.75, 3.05) is 0 Å². The normalized spacial score (nSPS) is 14.4. The SMILES string of the molecule is Cn1cc(C(=O)N(Cc2nccn2C(F)F)C2CC2)c2ccccc21. The number of amides is 1. The second kappa shape index (κ2) is 5.98. The first kappa shape index (κ1) is 15.8. The van der Waals surface area contributed by atoms with Crippen molar-refractivity contribution in [1.82, 2.24) is 19.0 Å². The standard InChI is InChI=1S/C18H18F2N4O/c1-22-10-14(13-4-2-3-5-15(13)22)17(25)24(12-6-7-12)11-16-21-8-9-23(16)18(19)20/h2-5,8-10,12,18H,6-7,11H2,1H3. The molecular formula is C18H18F2N4O. The second-order valence-electron chi connectivity index (χ2n) is 6.36. The van der Waals surface area contributed by atoms with Gasteiger partial charge in [0.2, 0.25) is 0 Å². The van der Waals surface area contributed by atoms with Crippen molar-refractivity contribution in [2.45, 2.75) is 32.0 Å². The maximum atomic E-state index is 13.1. The van der Waals surface area contributed by atoms with E-state index in [-0.39, 0.29) is 24.3 Å². The third-order valence-corrected chi connectivity index (χ3v) is 4.65. The fourth-order valence-corrected chi connectivity index (χ4v) is 3.22. The number of halogens is 2. The predicted molar refractivity (Wildman–Crippen MR) is 89.3 cm³/mol. The number of rotatable bonds is 5. The number of hydrogen-bond acceptors (Lipinski definition) is 2. The molecule has 25 heavy (non-hydrogen) atoms. The largest absolute Gasteiger partial charge is 0.350 e. The Bertz CT molecular complexity index is 926. The Labute approximate surface area is 143 Å². The highest BCUT2D eigenvalue weighted by Gasteiger charge is 2.35. The van der Waals surface area contributed by atoms with E-state index in [1.165, 1.54) is 12.4 Å². The Balaban J connectivity index is 1.69. The number of para-hydroxylation sites is 1. The Morgan fingerprint density at radius 3 is 2.84 bits per heavy atom. The molecule has 0 radical (unpaired) electrons. The van der Waals surface area contributed by atoms with Crippen LogP contribution < -0.4 is 0 Å². The molecule has 1 fully saturated rings. The molecule has 0 saturated heterocycles. The molecule has 5 nitrogen and oxygen atoms in total. The van der Waals surface area contributed by atoms with Gasteiger partial charge in [0.15, 0.2) is 0 Å². The third-order valence-electron chi connectivity index (χ3n) is 4.65. The van der Waals surface area contributed by atoms with Gasteiger partial charge >= 0.3 is 6.55 Å². The van der Waals surface area contributed by atoms with Gasteiger partial charge < -0.3 is 9.47 Å². The molecule has 0 spiro atoms. The minimum absolute atomic E-state index is 0.0874. The van der Waals surface area contributed by atoms with Crippen molar-refractivity contribution in [2.24, 2.45) is 7.05 Å². The summed E-state index contributed by atoms with van der Waals surface area (Å²) < 4.78 is 28.9. The van der Waals surface area contributed by atoms with E-state index in [0.717, 1.165) is 28.3 Å². The highest BCUT2D eigenvalue weighted by molar-refractivity contribution is 6.07. The van der Waals surface area contributed by atoms with Gasteiger partial charge in [0, 0.05) is 42.6 Å². The fraction of sp³-hybridized carbons (Fsp3) is 0.333. The summed E-state index contributed by atoms with van der Waals surface area (Å²) in [5.41, 5.74) is 1.57. The number of aromatic nitrogens is 3. The van der Waals surface area contributed by atoms with Gasteiger partial charge in [-0.25, -0.2) is 4.98 Å². The summed E-state index contributed by atoms with van der Waals surface area (Å²) in [6, 6.07) is 7.78. The monoisotopic (exact) mass is 344 g/mol. The third kappa shape index (κ3) is 2.79. The average Bonchev–Trinajstić information content (AvgIpc) is 3.24. The zero-order valence-corrected chi connectivity index (χ0v) is 13.8. The summed E-state index contributed by atoms with van der Waals surface area (Å²) in [7, 11) is 1.89. The van der Waals surface area contributed by atoms with Gasteiger partial charge in [-0.2, -0.15) is 8.78 Å². The Morgan fingerprint density at radius 1 is 1.36 bits per heavy atom. The van der Waals surface area contributed by atoms with Crippen LogP contribution in [-0.4, -0.2) is 31.0 Å². The molecule has 1 saturated carbocycles. The van der Waals surface area contributed by atoms with Crippen LogP contribution >= 0.6 is 0 Å². The van der Waals surface area contributed by atoms with Crippen molar-refractivity contribution >= 4 is 16.8 Å². The Kier molecular flexibility index (Phi) is 3.78. The number of hydrogen-bond donors (Lipinski definition) is 0. The molecular weight excluding hydrogens is 326 g/mol. The minimum Gasteiger partial charge on any atom is -0.350 e. The van der Waals surface area contributed by atoms with Crippen LogP contribution in [0.5, 0.6) is 0 Å². The number of fused-ring (bicyclic) bond motifs is 1. The average molecular weight is 344 g/mol. The van der Waals surface area contributed by atoms with Gasteiger partial charge in [-0.15, -0.1) is 0 Å². The lowest BCUT2D eigenvalue weighted by molar-refractivity contribution is 0.0584. The van der Waals surface area contributed by atoms with Gasteiger partial charge in [-0.3, -0.25) is 9.36 Å². The first-order valence-electron chi connectivity index (χ1n) is 8.21. The van der Waals surface area contributed by atoms with Gasteiger partial charge in [-0.05, 0) is 18.9 Å². The molecule has 0 bridgehead atoms. The van der Waals surface area contributed by atoms with Crippen molar-refractivity contribution in [1.29, 1.82) is 0 Å². The van der Waals surface area contributed by atoms with E-state index in [1.807, 2.05) is 42.1 Å². The van der Waals surface area contributed by atoms with E-state index in [9.17, 15) is 13.6 Å². The van der Waals surface area contributed by atoms with Crippen molar-refractivity contribution in [3.8, 4) is 0 Å². The lowest BCUT2D eigenvalue weighted by Crippen LogP contribution is -2.33. The molecule has 1 aliphatic rings. The fourth-order valence-electron chi connectivity index (χ4n) is 3.22. The number of imidazole rings is 1. The summed E-state index contributed by atoms with van der Waals surface area (Å²) in [5.74, 6) is 0.0682. The van der Waals surface area contributed by atoms with Gasteiger partial charge in [0.05, 0.1) is 12.1 Å². The molecule has 0 aliphatic heterocycles. The zero-order chi connectivity index (χ0) is 17.6. The highest BCUT2D eigenvalue weighted by Crippen LogP contribution is 2.32. The van der Waals surface area contributed by atoms with Crippen LogP contribution in [0.3, 0.4) is 0 Å². The van der Waals surface area contributed by atoms with Crippen LogP contribution in [0.15, 0.2) is 42.9 Å². The molecule has 0 N–H and O–H groups in total. The van der Waals surface area contributed by atoms with Crippen LogP contribution in [0.2, 0.25) is 0 Å². The van der Waals surface area contributed by atoms with Crippen LogP contribution in [0, 0.1) is 0 Å². The lowest BCUT2D eigenvalue weighted by atomic mass is 10.1. The zero-order valence-electron chi connectivity index (χ0n) is 13.8. The Hall–Kier alpha value is -2.70. The van der Waals surface area contributed by atoms with Crippen molar-refractivity contribution in [3.63, 3.8) is 0 Å². The molecule has 1 amide bonds. The summed E-state index contributed by atoms with van der Waals surface area (Å²) >= 11 is 0. The first-order valence-corrected chi connectivity index (χ1v) is 8.21. The molecule has 1 aliphatic carbocycles. The number of alkyl halides is 2. The molecule has 130 valence electrons. The molecule has 2 heterocycles. The predicted octanol–water partition coefficient (Wildman–Crippen LogP) is 3.57. The summed E-state index contributed by atoms with van der Waals surface area (Å²) in [5, 5.41) is 0.873. The van der Waals surface area contributed by atoms with E-state index >= 15 is 0 Å². The van der Waals surface area contributed by atoms with E-state index in [1.54, 1.807) is 4.90 Å². The van der Waals surface area contributed by atoms with Gasteiger partial charge in [-0.1, -0.05) is 18.2 Å². The number of benzene rings is 1. The van der Waals surface area contributed by atoms with Crippen molar-refractivity contribution in [3.05, 3.63) is 54.2 Å². The van der Waals surface area contributed by atoms with Gasteiger partial charge in [0.1, 0.15) is 5.82 Å². The topological polar surface area (TPSA) is 43.1 Å². The molecule has 0 atom stereocenters. The molecule has 1 aromatic carbocycles. The van der Waals surface area contributed by atoms with Crippen molar-refractivity contribution < 1.29 is 13.6 Å². The molecule has 4 rings (SSSR count). The summed E-state index contributed by atoms with van der Waals surface area (Å²) in [4.78, 5) is 18.8. The minimum atomic E-state index is -2.66. The molecule has 3 aromatic rings. The number of carbonyl (C=O) groups is 1. The smallest absolute Gasteiger partial charge is 0.319 e. The van der Waals surface area contributed by atoms with Gasteiger partial charge in [0.25, 0.3) is 5.91 Å². The molecule has 7 heteroatoms. The van der Waals surface area contributed by atoms with Crippen LogP contribution in [0.25, 0.3) is 10.9 Å². The first-order chi connectivity index (χ1) is 12.1. The van der Waals surface area contributed by atoms with E-state index in [4.69, 9.17) is 0 Å². The van der Waals surface area contributed by atoms with Crippen LogP contribution in [0.1, 0.15) is 35.6 Å².